The number of halogens is 1. The minimum Gasteiger partial charge on any atom is -0.398 e. The number of unbranched alkanes of at least 4 members (excludes halogenated alkanes) is 1. The maximum Gasteiger partial charge on any atom is 0.234 e. The fourth-order valence-corrected chi connectivity index (χ4v) is 2.57. The molecule has 2 rings (SSSR count). The highest BCUT2D eigenvalue weighted by Crippen LogP contribution is 2.41. The normalized spacial score (nSPS) is 18.6. The van der Waals surface area contributed by atoms with Gasteiger partial charge in [-0.05, 0) is 47.0 Å². The van der Waals surface area contributed by atoms with Gasteiger partial charge in [-0.3, -0.25) is 4.79 Å². The van der Waals surface area contributed by atoms with E-state index < -0.39 is 0 Å². The molecule has 0 radical (unpaired) electrons. The number of nitrogens with zero attached hydrogens (tertiary/aromatic N) is 1. The Kier molecular flexibility index (Phi) is 3.43. The maximum atomic E-state index is 12.2. The van der Waals surface area contributed by atoms with Gasteiger partial charge in [0.1, 0.15) is 0 Å². The second-order valence-corrected chi connectivity index (χ2v) is 5.35. The van der Waals surface area contributed by atoms with Gasteiger partial charge in [-0.1, -0.05) is 13.3 Å². The first-order valence-corrected chi connectivity index (χ1v) is 6.75. The van der Waals surface area contributed by atoms with E-state index in [1.165, 1.54) is 0 Å². The van der Waals surface area contributed by atoms with Gasteiger partial charge in [0, 0.05) is 22.4 Å². The van der Waals surface area contributed by atoms with E-state index in [9.17, 15) is 4.79 Å². The first kappa shape index (κ1) is 12.4. The average Bonchev–Trinajstić information content (AvgIpc) is 2.52. The van der Waals surface area contributed by atoms with Crippen molar-refractivity contribution in [3.63, 3.8) is 0 Å². The lowest BCUT2D eigenvalue weighted by Crippen LogP contribution is -2.28. The molecule has 1 aliphatic heterocycles. The Labute approximate surface area is 110 Å². The Hall–Kier alpha value is -1.03. The number of nitrogens with two attached hydrogens (primary N) is 1. The summed E-state index contributed by atoms with van der Waals surface area (Å²) in [5.41, 5.74) is 8.64. The molecule has 17 heavy (non-hydrogen) atoms. The lowest BCUT2D eigenvalue weighted by molar-refractivity contribution is -0.119. The minimum absolute atomic E-state index is 0.0567. The van der Waals surface area contributed by atoms with Crippen molar-refractivity contribution in [1.82, 2.24) is 0 Å². The molecule has 0 spiro atoms. The molecule has 4 heteroatoms. The zero-order chi connectivity index (χ0) is 12.6. The van der Waals surface area contributed by atoms with Gasteiger partial charge in [0.05, 0.1) is 5.92 Å². The number of nitrogen functional groups attached to an aromatic ring is 1. The van der Waals surface area contributed by atoms with Crippen LogP contribution in [-0.4, -0.2) is 12.5 Å². The smallest absolute Gasteiger partial charge is 0.234 e. The summed E-state index contributed by atoms with van der Waals surface area (Å²) in [5.74, 6) is 0.129. The second-order valence-electron chi connectivity index (χ2n) is 4.50. The largest absolute Gasteiger partial charge is 0.398 e. The van der Waals surface area contributed by atoms with E-state index in [0.29, 0.717) is 5.69 Å². The molecular weight excluding hydrogens is 280 g/mol. The molecule has 1 unspecified atom stereocenters. The third-order valence-corrected chi connectivity index (χ3v) is 3.96. The van der Waals surface area contributed by atoms with Crippen molar-refractivity contribution in [1.29, 1.82) is 0 Å². The molecule has 1 aromatic rings. The van der Waals surface area contributed by atoms with Crippen LogP contribution in [0.2, 0.25) is 0 Å². The Morgan fingerprint density at radius 3 is 2.82 bits per heavy atom. The number of amides is 1. The summed E-state index contributed by atoms with van der Waals surface area (Å²) in [6.07, 6.45) is 2.10. The Bertz CT molecular complexity index is 459. The Morgan fingerprint density at radius 1 is 1.47 bits per heavy atom. The number of fused-ring (bicyclic) bond motifs is 1. The van der Waals surface area contributed by atoms with Crippen LogP contribution in [0.1, 0.15) is 38.2 Å². The molecule has 1 atom stereocenters. The topological polar surface area (TPSA) is 46.3 Å². The second kappa shape index (κ2) is 4.69. The Balaban J connectivity index is 2.41. The van der Waals surface area contributed by atoms with Gasteiger partial charge in [-0.2, -0.15) is 0 Å². The van der Waals surface area contributed by atoms with E-state index >= 15 is 0 Å². The lowest BCUT2D eigenvalue weighted by atomic mass is 10.0. The average molecular weight is 297 g/mol. The molecule has 92 valence electrons. The van der Waals surface area contributed by atoms with Crippen LogP contribution in [0.5, 0.6) is 0 Å². The lowest BCUT2D eigenvalue weighted by Gasteiger charge is -2.17. The molecule has 1 aromatic carbocycles. The molecular formula is C13H17BrN2O. The zero-order valence-corrected chi connectivity index (χ0v) is 11.8. The van der Waals surface area contributed by atoms with Crippen LogP contribution in [0.15, 0.2) is 16.6 Å². The summed E-state index contributed by atoms with van der Waals surface area (Å²) in [6.45, 7) is 4.87. The van der Waals surface area contributed by atoms with Crippen LogP contribution in [0.4, 0.5) is 11.4 Å². The molecule has 0 bridgehead atoms. The predicted molar refractivity (Wildman–Crippen MR) is 74.2 cm³/mol. The van der Waals surface area contributed by atoms with E-state index in [0.717, 1.165) is 35.1 Å². The van der Waals surface area contributed by atoms with Crippen molar-refractivity contribution < 1.29 is 4.79 Å². The van der Waals surface area contributed by atoms with E-state index in [1.807, 2.05) is 24.0 Å². The van der Waals surface area contributed by atoms with Crippen molar-refractivity contribution >= 4 is 33.2 Å². The monoisotopic (exact) mass is 296 g/mol. The third kappa shape index (κ3) is 2.06. The highest BCUT2D eigenvalue weighted by molar-refractivity contribution is 9.10. The zero-order valence-electron chi connectivity index (χ0n) is 10.2. The summed E-state index contributed by atoms with van der Waals surface area (Å²) < 4.78 is 0.869. The van der Waals surface area contributed by atoms with Crippen LogP contribution in [-0.2, 0) is 4.79 Å². The van der Waals surface area contributed by atoms with Crippen LogP contribution in [0.25, 0.3) is 0 Å². The van der Waals surface area contributed by atoms with E-state index in [-0.39, 0.29) is 11.8 Å². The molecule has 1 heterocycles. The summed E-state index contributed by atoms with van der Waals surface area (Å²) in [4.78, 5) is 14.0. The molecule has 0 aromatic heterocycles. The first-order valence-electron chi connectivity index (χ1n) is 5.96. The standard InChI is InChI=1S/C13H17BrN2O/c1-3-4-5-16-12-7-11(15)10(14)6-9(12)8(2)13(16)17/h6-8H,3-5,15H2,1-2H3. The summed E-state index contributed by atoms with van der Waals surface area (Å²) >= 11 is 3.41. The van der Waals surface area contributed by atoms with Crippen LogP contribution in [0, 0.1) is 0 Å². The highest BCUT2D eigenvalue weighted by Gasteiger charge is 2.34. The molecule has 2 N–H and O–H groups in total. The van der Waals surface area contributed by atoms with E-state index in [1.54, 1.807) is 0 Å². The highest BCUT2D eigenvalue weighted by atomic mass is 79.9. The first-order chi connectivity index (χ1) is 8.06. The van der Waals surface area contributed by atoms with Gasteiger partial charge >= 0.3 is 0 Å². The maximum absolute atomic E-state index is 12.2. The number of rotatable bonds is 3. The summed E-state index contributed by atoms with van der Waals surface area (Å²) in [5, 5.41) is 0. The fraction of sp³-hybridized carbons (Fsp3) is 0.462. The van der Waals surface area contributed by atoms with E-state index in [2.05, 4.69) is 22.9 Å². The molecule has 1 amide bonds. The molecule has 0 fully saturated rings. The molecule has 0 saturated heterocycles. The quantitative estimate of drug-likeness (QED) is 0.870. The number of hydrogen-bond donors (Lipinski definition) is 1. The number of anilines is 2. The molecule has 1 aliphatic rings. The number of carbonyl (C=O) groups excluding carboxylic acids is 1. The van der Waals surface area contributed by atoms with Gasteiger partial charge in [0.15, 0.2) is 0 Å². The Morgan fingerprint density at radius 2 is 2.18 bits per heavy atom. The van der Waals surface area contributed by atoms with Gasteiger partial charge in [0.2, 0.25) is 5.91 Å². The minimum atomic E-state index is -0.0567. The van der Waals surface area contributed by atoms with Gasteiger partial charge in [-0.25, -0.2) is 0 Å². The number of hydrogen-bond acceptors (Lipinski definition) is 2. The van der Waals surface area contributed by atoms with E-state index in [4.69, 9.17) is 5.73 Å². The molecule has 3 nitrogen and oxygen atoms in total. The summed E-state index contributed by atoms with van der Waals surface area (Å²) in [6, 6.07) is 3.87. The fourth-order valence-electron chi connectivity index (χ4n) is 2.21. The van der Waals surface area contributed by atoms with Crippen LogP contribution >= 0.6 is 15.9 Å². The third-order valence-electron chi connectivity index (χ3n) is 3.28. The number of carbonyl (C=O) groups is 1. The SMILES string of the molecule is CCCCN1C(=O)C(C)c2cc(Br)c(N)cc21. The van der Waals surface area contributed by atoms with Crippen LogP contribution < -0.4 is 10.6 Å². The predicted octanol–water partition coefficient (Wildman–Crippen LogP) is 3.28. The van der Waals surface area contributed by atoms with Gasteiger partial charge in [0.25, 0.3) is 0 Å². The van der Waals surface area contributed by atoms with Crippen molar-refractivity contribution in [2.45, 2.75) is 32.6 Å². The van der Waals surface area contributed by atoms with Crippen molar-refractivity contribution in [2.75, 3.05) is 17.2 Å². The summed E-state index contributed by atoms with van der Waals surface area (Å²) in [7, 11) is 0. The van der Waals surface area contributed by atoms with Crippen molar-refractivity contribution in [3.05, 3.63) is 22.2 Å². The van der Waals surface area contributed by atoms with Gasteiger partial charge < -0.3 is 10.6 Å². The number of benzene rings is 1. The van der Waals surface area contributed by atoms with Crippen molar-refractivity contribution in [2.24, 2.45) is 0 Å². The molecule has 0 saturated carbocycles. The molecule has 0 aliphatic carbocycles. The van der Waals surface area contributed by atoms with Gasteiger partial charge in [-0.15, -0.1) is 0 Å². The van der Waals surface area contributed by atoms with Crippen LogP contribution in [0.3, 0.4) is 0 Å². The van der Waals surface area contributed by atoms with Crippen molar-refractivity contribution in [3.8, 4) is 0 Å².